The second kappa shape index (κ2) is 1.83. The molecular formula is C7H5F. The third kappa shape index (κ3) is 0.974. The van der Waals surface area contributed by atoms with E-state index in [1.807, 2.05) is 6.92 Å². The van der Waals surface area contributed by atoms with Crippen molar-refractivity contribution in [3.05, 3.63) is 35.6 Å². The summed E-state index contributed by atoms with van der Waals surface area (Å²) < 4.78 is 12.0. The number of aryl methyl sites for hydroxylation is 1. The summed E-state index contributed by atoms with van der Waals surface area (Å²) in [5, 5.41) is 0. The molecule has 0 atom stereocenters. The molecule has 40 valence electrons. The fourth-order valence-corrected chi connectivity index (χ4v) is 0.440. The van der Waals surface area contributed by atoms with E-state index >= 15 is 0 Å². The predicted octanol–water partition coefficient (Wildman–Crippen LogP) is 1.73. The second-order valence-electron chi connectivity index (χ2n) is 1.61. The van der Waals surface area contributed by atoms with E-state index in [-0.39, 0.29) is 5.82 Å². The number of hydrogen-bond donors (Lipinski definition) is 0. The van der Waals surface area contributed by atoms with Gasteiger partial charge in [0.1, 0.15) is 0 Å². The minimum absolute atomic E-state index is 0.351. The molecule has 0 saturated heterocycles. The van der Waals surface area contributed by atoms with Crippen molar-refractivity contribution in [1.29, 1.82) is 0 Å². The van der Waals surface area contributed by atoms with Gasteiger partial charge in [-0.25, -0.2) is 0 Å². The largest absolute Gasteiger partial charge is 0.197 e. The van der Waals surface area contributed by atoms with E-state index < -0.39 is 0 Å². The molecule has 1 aromatic carbocycles. The zero-order valence-corrected chi connectivity index (χ0v) is 4.53. The maximum Gasteiger partial charge on any atom is 0.173 e. The molecule has 0 amide bonds. The van der Waals surface area contributed by atoms with Crippen LogP contribution in [0.15, 0.2) is 12.1 Å². The minimum Gasteiger partial charge on any atom is -0.197 e. The smallest absolute Gasteiger partial charge is 0.173 e. The Hall–Kier alpha value is -1.03. The van der Waals surface area contributed by atoms with Crippen molar-refractivity contribution in [2.24, 2.45) is 0 Å². The first-order valence-electron chi connectivity index (χ1n) is 2.35. The van der Waals surface area contributed by atoms with Crippen LogP contribution < -0.4 is 0 Å². The summed E-state index contributed by atoms with van der Waals surface area (Å²) in [6, 6.07) is 7.93. The van der Waals surface area contributed by atoms with Gasteiger partial charge in [-0.3, -0.25) is 0 Å². The van der Waals surface area contributed by atoms with Crippen molar-refractivity contribution >= 4 is 0 Å². The van der Waals surface area contributed by atoms with Crippen LogP contribution in [0.1, 0.15) is 5.56 Å². The maximum atomic E-state index is 12.0. The number of rotatable bonds is 0. The summed E-state index contributed by atoms with van der Waals surface area (Å²) >= 11 is 0. The third-order valence-corrected chi connectivity index (χ3v) is 0.859. The Kier molecular flexibility index (Phi) is 1.17. The minimum atomic E-state index is -0.351. The van der Waals surface area contributed by atoms with Crippen molar-refractivity contribution in [3.8, 4) is 0 Å². The van der Waals surface area contributed by atoms with E-state index in [0.29, 0.717) is 0 Å². The highest BCUT2D eigenvalue weighted by Crippen LogP contribution is 1.92. The molecule has 0 heterocycles. The first-order valence-corrected chi connectivity index (χ1v) is 2.35. The topological polar surface area (TPSA) is 0 Å². The van der Waals surface area contributed by atoms with Crippen LogP contribution in [0.3, 0.4) is 0 Å². The van der Waals surface area contributed by atoms with Crippen molar-refractivity contribution in [3.63, 3.8) is 0 Å². The van der Waals surface area contributed by atoms with Crippen LogP contribution in [-0.2, 0) is 0 Å². The van der Waals surface area contributed by atoms with Crippen molar-refractivity contribution in [2.45, 2.75) is 6.92 Å². The van der Waals surface area contributed by atoms with Crippen LogP contribution in [0.4, 0.5) is 4.39 Å². The Morgan fingerprint density at radius 1 is 1.38 bits per heavy atom. The van der Waals surface area contributed by atoms with Gasteiger partial charge < -0.3 is 0 Å². The average Bonchev–Trinajstić information content (AvgIpc) is 1.77. The zero-order chi connectivity index (χ0) is 5.98. The average molecular weight is 108 g/mol. The summed E-state index contributed by atoms with van der Waals surface area (Å²) in [6.07, 6.45) is 0. The molecule has 0 aliphatic carbocycles. The lowest BCUT2D eigenvalue weighted by Gasteiger charge is -1.79. The predicted molar refractivity (Wildman–Crippen MR) is 28.8 cm³/mol. The monoisotopic (exact) mass is 108 g/mol. The van der Waals surface area contributed by atoms with Gasteiger partial charge in [-0.05, 0) is 30.7 Å². The van der Waals surface area contributed by atoms with Gasteiger partial charge in [-0.1, -0.05) is 6.07 Å². The van der Waals surface area contributed by atoms with Crippen LogP contribution in [0, 0.1) is 24.9 Å². The van der Waals surface area contributed by atoms with E-state index in [2.05, 4.69) is 12.1 Å². The Morgan fingerprint density at radius 2 is 2.12 bits per heavy atom. The van der Waals surface area contributed by atoms with Gasteiger partial charge in [0, 0.05) is 0 Å². The summed E-state index contributed by atoms with van der Waals surface area (Å²) in [7, 11) is 0. The van der Waals surface area contributed by atoms with Gasteiger partial charge in [0.25, 0.3) is 0 Å². The Bertz CT molecular complexity index is 143. The Morgan fingerprint density at radius 3 is 2.50 bits per heavy atom. The molecular weight excluding hydrogens is 103 g/mol. The van der Waals surface area contributed by atoms with Gasteiger partial charge in [-0.15, -0.1) is 0 Å². The van der Waals surface area contributed by atoms with Crippen LogP contribution >= 0.6 is 0 Å². The van der Waals surface area contributed by atoms with Crippen LogP contribution in [0.5, 0.6) is 0 Å². The molecule has 0 unspecified atom stereocenters. The molecule has 0 aromatic heterocycles. The SMILES string of the molecule is Cc1c#cc(F)cc1. The highest BCUT2D eigenvalue weighted by atomic mass is 19.1. The molecule has 0 bridgehead atoms. The second-order valence-corrected chi connectivity index (χ2v) is 1.61. The van der Waals surface area contributed by atoms with Gasteiger partial charge in [0.2, 0.25) is 0 Å². The normalized spacial score (nSPS) is 8.25. The van der Waals surface area contributed by atoms with Crippen LogP contribution in [-0.4, -0.2) is 0 Å². The van der Waals surface area contributed by atoms with Gasteiger partial charge in [0.15, 0.2) is 5.82 Å². The molecule has 0 aliphatic heterocycles. The lowest BCUT2D eigenvalue weighted by molar-refractivity contribution is 0.628. The molecule has 0 radical (unpaired) electrons. The molecule has 1 aromatic rings. The fourth-order valence-electron chi connectivity index (χ4n) is 0.440. The van der Waals surface area contributed by atoms with Crippen LogP contribution in [0.2, 0.25) is 0 Å². The lowest BCUT2D eigenvalue weighted by atomic mass is 10.3. The first-order chi connectivity index (χ1) is 3.79. The Labute approximate surface area is 48.0 Å². The summed E-state index contributed by atoms with van der Waals surface area (Å²) in [5.41, 5.74) is 0.909. The van der Waals surface area contributed by atoms with Gasteiger partial charge in [0.05, 0.1) is 0 Å². The highest BCUT2D eigenvalue weighted by molar-refractivity contribution is 5.05. The standard InChI is InChI=1S/C7H5F/c1-6-2-4-7(8)5-3-6/h2,4H,1H3. The maximum absolute atomic E-state index is 12.0. The van der Waals surface area contributed by atoms with E-state index in [4.69, 9.17) is 0 Å². The summed E-state index contributed by atoms with van der Waals surface area (Å²) in [4.78, 5) is 0. The van der Waals surface area contributed by atoms with Crippen molar-refractivity contribution in [2.75, 3.05) is 0 Å². The molecule has 1 heteroatoms. The van der Waals surface area contributed by atoms with Crippen molar-refractivity contribution in [1.82, 2.24) is 0 Å². The van der Waals surface area contributed by atoms with Crippen molar-refractivity contribution < 1.29 is 4.39 Å². The molecule has 8 heavy (non-hydrogen) atoms. The van der Waals surface area contributed by atoms with Gasteiger partial charge >= 0.3 is 0 Å². The molecule has 0 nitrogen and oxygen atoms in total. The summed E-state index contributed by atoms with van der Waals surface area (Å²) in [5.74, 6) is -0.351. The molecule has 0 fully saturated rings. The molecule has 0 aliphatic rings. The molecule has 0 spiro atoms. The zero-order valence-electron chi connectivity index (χ0n) is 4.53. The highest BCUT2D eigenvalue weighted by Gasteiger charge is 1.80. The number of halogens is 1. The van der Waals surface area contributed by atoms with Crippen LogP contribution in [0.25, 0.3) is 0 Å². The molecule has 1 rings (SSSR count). The quantitative estimate of drug-likeness (QED) is 0.474. The summed E-state index contributed by atoms with van der Waals surface area (Å²) in [6.45, 7) is 1.84. The van der Waals surface area contributed by atoms with Gasteiger partial charge in [-0.2, -0.15) is 4.39 Å². The van der Waals surface area contributed by atoms with E-state index in [9.17, 15) is 4.39 Å². The molecule has 0 saturated carbocycles. The Balaban J connectivity index is 3.03. The lowest BCUT2D eigenvalue weighted by Crippen LogP contribution is -1.67. The third-order valence-electron chi connectivity index (χ3n) is 0.859. The van der Waals surface area contributed by atoms with E-state index in [1.165, 1.54) is 6.07 Å². The fraction of sp³-hybridized carbons (Fsp3) is 0.143. The van der Waals surface area contributed by atoms with E-state index in [1.54, 1.807) is 6.07 Å². The molecule has 0 N–H and O–H groups in total. The van der Waals surface area contributed by atoms with E-state index in [0.717, 1.165) is 5.56 Å². The first kappa shape index (κ1) is 5.11. The number of hydrogen-bond acceptors (Lipinski definition) is 0.